The van der Waals surface area contributed by atoms with Crippen LogP contribution in [-0.2, 0) is 4.79 Å². The van der Waals surface area contributed by atoms with E-state index >= 15 is 0 Å². The third-order valence-corrected chi connectivity index (χ3v) is 6.10. The molecule has 0 radical (unpaired) electrons. The Labute approximate surface area is 178 Å². The van der Waals surface area contributed by atoms with E-state index in [9.17, 15) is 15.0 Å². The van der Waals surface area contributed by atoms with Crippen LogP contribution in [0.3, 0.4) is 0 Å². The summed E-state index contributed by atoms with van der Waals surface area (Å²) in [7, 11) is 0. The highest BCUT2D eigenvalue weighted by Gasteiger charge is 2.32. The molecular formula is C25H43NO3. The van der Waals surface area contributed by atoms with Crippen molar-refractivity contribution in [3.8, 4) is 0 Å². The van der Waals surface area contributed by atoms with Crippen molar-refractivity contribution < 1.29 is 15.0 Å². The smallest absolute Gasteiger partial charge is 0.217 e. The van der Waals surface area contributed by atoms with Gasteiger partial charge in [-0.25, -0.2) is 0 Å². The number of rotatable bonds is 14. The SMILES string of the molecule is C=C/C=C\C(C)C(CC(N)=O)C(C)C(O)C(C)C/C(C)=C\C(C)C(O)C(C)C=C. The zero-order chi connectivity index (χ0) is 22.7. The lowest BCUT2D eigenvalue weighted by atomic mass is 9.74. The highest BCUT2D eigenvalue weighted by atomic mass is 16.3. The molecule has 4 heteroatoms. The highest BCUT2D eigenvalue weighted by Crippen LogP contribution is 2.32. The second kappa shape index (κ2) is 13.6. The van der Waals surface area contributed by atoms with Crippen molar-refractivity contribution in [3.05, 3.63) is 49.1 Å². The van der Waals surface area contributed by atoms with Crippen molar-refractivity contribution in [1.29, 1.82) is 0 Å². The minimum absolute atomic E-state index is 0.0106. The molecule has 0 aromatic carbocycles. The quantitative estimate of drug-likeness (QED) is 0.291. The normalized spacial score (nSPS) is 20.9. The molecule has 4 N–H and O–H groups in total. The van der Waals surface area contributed by atoms with E-state index in [4.69, 9.17) is 5.73 Å². The number of carbonyl (C=O) groups excluding carboxylic acids is 1. The largest absolute Gasteiger partial charge is 0.393 e. The first kappa shape index (κ1) is 27.4. The molecule has 0 aromatic rings. The van der Waals surface area contributed by atoms with E-state index < -0.39 is 12.2 Å². The minimum Gasteiger partial charge on any atom is -0.393 e. The zero-order valence-electron chi connectivity index (χ0n) is 19.2. The fourth-order valence-corrected chi connectivity index (χ4v) is 4.11. The van der Waals surface area contributed by atoms with Crippen LogP contribution in [0.5, 0.6) is 0 Å². The highest BCUT2D eigenvalue weighted by molar-refractivity contribution is 5.74. The average molecular weight is 406 g/mol. The Morgan fingerprint density at radius 2 is 1.55 bits per heavy atom. The molecule has 29 heavy (non-hydrogen) atoms. The number of aliphatic hydroxyl groups excluding tert-OH is 2. The molecular weight excluding hydrogens is 362 g/mol. The van der Waals surface area contributed by atoms with Gasteiger partial charge in [0.2, 0.25) is 5.91 Å². The molecule has 0 saturated carbocycles. The molecule has 0 heterocycles. The second-order valence-corrected chi connectivity index (χ2v) is 8.80. The fraction of sp³-hybridized carbons (Fsp3) is 0.640. The molecule has 0 aromatic heterocycles. The molecule has 0 fully saturated rings. The summed E-state index contributed by atoms with van der Waals surface area (Å²) in [5.41, 5.74) is 6.61. The van der Waals surface area contributed by atoms with E-state index in [-0.39, 0.29) is 47.8 Å². The Kier molecular flexibility index (Phi) is 12.8. The molecule has 0 aliphatic carbocycles. The van der Waals surface area contributed by atoms with Crippen LogP contribution in [0.2, 0.25) is 0 Å². The Hall–Kier alpha value is -1.65. The fourth-order valence-electron chi connectivity index (χ4n) is 4.11. The van der Waals surface area contributed by atoms with E-state index in [2.05, 4.69) is 19.2 Å². The molecule has 1 amide bonds. The standard InChI is InChI=1S/C25H43NO3/c1-9-11-12-18(5)22(15-23(26)27)21(8)25(29)20(7)14-16(3)13-19(6)24(28)17(4)10-2/h9-13,17-22,24-25,28-29H,1-2,14-15H2,3-8H3,(H2,26,27)/b12-11-,16-13-. The van der Waals surface area contributed by atoms with Gasteiger partial charge in [-0.1, -0.05) is 77.2 Å². The Morgan fingerprint density at radius 1 is 0.966 bits per heavy atom. The molecule has 0 spiro atoms. The monoisotopic (exact) mass is 405 g/mol. The number of nitrogens with two attached hydrogens (primary N) is 1. The van der Waals surface area contributed by atoms with Gasteiger partial charge in [0, 0.05) is 18.3 Å². The topological polar surface area (TPSA) is 83.6 Å². The Bertz CT molecular complexity index is 581. The number of aliphatic hydroxyl groups is 2. The summed E-state index contributed by atoms with van der Waals surface area (Å²) < 4.78 is 0. The third-order valence-electron chi connectivity index (χ3n) is 6.10. The zero-order valence-corrected chi connectivity index (χ0v) is 19.2. The molecule has 4 nitrogen and oxygen atoms in total. The lowest BCUT2D eigenvalue weighted by molar-refractivity contribution is -0.120. The van der Waals surface area contributed by atoms with Crippen LogP contribution >= 0.6 is 0 Å². The molecule has 8 atom stereocenters. The Balaban J connectivity index is 5.20. The predicted octanol–water partition coefficient (Wildman–Crippen LogP) is 4.64. The molecule has 8 unspecified atom stereocenters. The van der Waals surface area contributed by atoms with Crippen LogP contribution < -0.4 is 5.73 Å². The van der Waals surface area contributed by atoms with Crippen molar-refractivity contribution in [3.63, 3.8) is 0 Å². The lowest BCUT2D eigenvalue weighted by Gasteiger charge is -2.34. The average Bonchev–Trinajstić information content (AvgIpc) is 2.67. The van der Waals surface area contributed by atoms with Crippen LogP contribution in [0.1, 0.15) is 54.4 Å². The van der Waals surface area contributed by atoms with E-state index in [1.807, 2.05) is 53.7 Å². The molecule has 166 valence electrons. The molecule has 0 bridgehead atoms. The van der Waals surface area contributed by atoms with Crippen molar-refractivity contribution in [1.82, 2.24) is 0 Å². The number of primary amides is 1. The molecule has 0 rings (SSSR count). The predicted molar refractivity (Wildman–Crippen MR) is 123 cm³/mol. The van der Waals surface area contributed by atoms with Crippen molar-refractivity contribution in [2.45, 2.75) is 66.6 Å². The summed E-state index contributed by atoms with van der Waals surface area (Å²) in [5.74, 6) is -0.319. The maximum absolute atomic E-state index is 11.6. The number of carbonyl (C=O) groups is 1. The van der Waals surface area contributed by atoms with Gasteiger partial charge in [0.25, 0.3) is 0 Å². The van der Waals surface area contributed by atoms with E-state index in [1.165, 1.54) is 0 Å². The van der Waals surface area contributed by atoms with Gasteiger partial charge in [-0.3, -0.25) is 4.79 Å². The number of allylic oxidation sites excluding steroid dienone is 4. The van der Waals surface area contributed by atoms with Crippen LogP contribution in [0.4, 0.5) is 0 Å². The van der Waals surface area contributed by atoms with E-state index in [0.717, 1.165) is 12.0 Å². The molecule has 0 saturated heterocycles. The van der Waals surface area contributed by atoms with Gasteiger partial charge >= 0.3 is 0 Å². The Morgan fingerprint density at radius 3 is 2.03 bits per heavy atom. The van der Waals surface area contributed by atoms with Gasteiger partial charge < -0.3 is 15.9 Å². The van der Waals surface area contributed by atoms with Crippen molar-refractivity contribution in [2.24, 2.45) is 41.2 Å². The van der Waals surface area contributed by atoms with E-state index in [1.54, 1.807) is 12.2 Å². The molecule has 0 aliphatic heterocycles. The molecule has 0 aliphatic rings. The van der Waals surface area contributed by atoms with Gasteiger partial charge in [0.15, 0.2) is 0 Å². The van der Waals surface area contributed by atoms with Gasteiger partial charge in [-0.05, 0) is 37.0 Å². The maximum Gasteiger partial charge on any atom is 0.217 e. The van der Waals surface area contributed by atoms with Crippen LogP contribution in [-0.4, -0.2) is 28.3 Å². The summed E-state index contributed by atoms with van der Waals surface area (Å²) in [6, 6.07) is 0. The third kappa shape index (κ3) is 9.60. The number of amides is 1. The first-order valence-corrected chi connectivity index (χ1v) is 10.7. The maximum atomic E-state index is 11.6. The van der Waals surface area contributed by atoms with E-state index in [0.29, 0.717) is 0 Å². The lowest BCUT2D eigenvalue weighted by Crippen LogP contribution is -2.36. The number of hydrogen-bond acceptors (Lipinski definition) is 3. The summed E-state index contributed by atoms with van der Waals surface area (Å²) >= 11 is 0. The first-order valence-electron chi connectivity index (χ1n) is 10.7. The second-order valence-electron chi connectivity index (χ2n) is 8.80. The van der Waals surface area contributed by atoms with Gasteiger partial charge in [-0.15, -0.1) is 6.58 Å². The van der Waals surface area contributed by atoms with Crippen LogP contribution in [0.25, 0.3) is 0 Å². The van der Waals surface area contributed by atoms with Gasteiger partial charge in [0.05, 0.1) is 12.2 Å². The van der Waals surface area contributed by atoms with Crippen LogP contribution in [0.15, 0.2) is 49.1 Å². The summed E-state index contributed by atoms with van der Waals surface area (Å²) in [5, 5.41) is 21.3. The summed E-state index contributed by atoms with van der Waals surface area (Å²) in [6.45, 7) is 19.5. The summed E-state index contributed by atoms with van der Waals surface area (Å²) in [4.78, 5) is 11.6. The van der Waals surface area contributed by atoms with Crippen LogP contribution in [0, 0.1) is 35.5 Å². The van der Waals surface area contributed by atoms with Crippen molar-refractivity contribution >= 4 is 5.91 Å². The number of hydrogen-bond donors (Lipinski definition) is 3. The first-order chi connectivity index (χ1) is 13.5. The summed E-state index contributed by atoms with van der Waals surface area (Å²) in [6.07, 6.45) is 9.35. The van der Waals surface area contributed by atoms with Crippen molar-refractivity contribution in [2.75, 3.05) is 0 Å². The minimum atomic E-state index is -0.561. The van der Waals surface area contributed by atoms with Gasteiger partial charge in [0.1, 0.15) is 0 Å². The van der Waals surface area contributed by atoms with Gasteiger partial charge in [-0.2, -0.15) is 0 Å².